The number of rotatable bonds is 1. The molecule has 3 aliphatic rings. The van der Waals surface area contributed by atoms with Crippen LogP contribution in [0.25, 0.3) is 0 Å². The van der Waals surface area contributed by atoms with Crippen LogP contribution in [0.15, 0.2) is 24.3 Å². The molecule has 2 nitrogen and oxygen atoms in total. The third-order valence-corrected chi connectivity index (χ3v) is 6.15. The van der Waals surface area contributed by atoms with Gasteiger partial charge >= 0.3 is 0 Å². The summed E-state index contributed by atoms with van der Waals surface area (Å²) in [6, 6.07) is 11.3. The SMILES string of the molecule is CC1CN(C2C3CCC2Cc2ccccc2C3)C(C)CN1. The first-order valence-electron chi connectivity index (χ1n) is 8.78. The molecular weight excluding hydrogens is 256 g/mol. The van der Waals surface area contributed by atoms with Crippen LogP contribution in [-0.4, -0.2) is 36.1 Å². The fourth-order valence-corrected chi connectivity index (χ4v) is 5.13. The van der Waals surface area contributed by atoms with Crippen molar-refractivity contribution in [2.24, 2.45) is 11.8 Å². The number of benzene rings is 1. The maximum Gasteiger partial charge on any atom is 0.0196 e. The van der Waals surface area contributed by atoms with Crippen LogP contribution in [0.5, 0.6) is 0 Å². The molecule has 4 unspecified atom stereocenters. The molecular formula is C19H28N2. The first-order chi connectivity index (χ1) is 10.2. The predicted octanol–water partition coefficient (Wildman–Crippen LogP) is 2.86. The number of hydrogen-bond donors (Lipinski definition) is 1. The van der Waals surface area contributed by atoms with Crippen molar-refractivity contribution in [2.75, 3.05) is 13.1 Å². The van der Waals surface area contributed by atoms with Gasteiger partial charge in [-0.25, -0.2) is 0 Å². The van der Waals surface area contributed by atoms with E-state index in [2.05, 4.69) is 48.3 Å². The van der Waals surface area contributed by atoms with Crippen LogP contribution >= 0.6 is 0 Å². The monoisotopic (exact) mass is 284 g/mol. The highest BCUT2D eigenvalue weighted by atomic mass is 15.3. The number of fused-ring (bicyclic) bond motifs is 3. The van der Waals surface area contributed by atoms with Crippen LogP contribution in [0.1, 0.15) is 37.8 Å². The third-order valence-electron chi connectivity index (χ3n) is 6.15. The molecule has 4 rings (SSSR count). The summed E-state index contributed by atoms with van der Waals surface area (Å²) in [5.74, 6) is 1.76. The number of piperazine rings is 1. The molecule has 1 aromatic rings. The van der Waals surface area contributed by atoms with E-state index < -0.39 is 0 Å². The van der Waals surface area contributed by atoms with E-state index in [-0.39, 0.29) is 0 Å². The van der Waals surface area contributed by atoms with Gasteiger partial charge in [0.2, 0.25) is 0 Å². The normalized spacial score (nSPS) is 39.8. The average molecular weight is 284 g/mol. The Morgan fingerprint density at radius 1 is 1.00 bits per heavy atom. The van der Waals surface area contributed by atoms with Crippen molar-refractivity contribution >= 4 is 0 Å². The van der Waals surface area contributed by atoms with E-state index in [0.29, 0.717) is 12.1 Å². The maximum absolute atomic E-state index is 3.64. The Morgan fingerprint density at radius 3 is 2.24 bits per heavy atom. The molecule has 0 amide bonds. The highest BCUT2D eigenvalue weighted by Crippen LogP contribution is 2.43. The zero-order valence-electron chi connectivity index (χ0n) is 13.4. The lowest BCUT2D eigenvalue weighted by molar-refractivity contribution is 0.0532. The molecule has 1 aliphatic heterocycles. The van der Waals surface area contributed by atoms with Crippen molar-refractivity contribution < 1.29 is 0 Å². The van der Waals surface area contributed by atoms with Crippen LogP contribution < -0.4 is 5.32 Å². The van der Waals surface area contributed by atoms with Crippen LogP contribution in [0, 0.1) is 11.8 Å². The minimum Gasteiger partial charge on any atom is -0.311 e. The molecule has 2 heteroatoms. The fourth-order valence-electron chi connectivity index (χ4n) is 5.13. The summed E-state index contributed by atoms with van der Waals surface area (Å²) in [7, 11) is 0. The summed E-state index contributed by atoms with van der Waals surface area (Å²) in [5, 5.41) is 3.64. The minimum absolute atomic E-state index is 0.645. The molecule has 1 N–H and O–H groups in total. The smallest absolute Gasteiger partial charge is 0.0196 e. The molecule has 1 saturated carbocycles. The maximum atomic E-state index is 3.64. The van der Waals surface area contributed by atoms with Gasteiger partial charge in [-0.05, 0) is 62.5 Å². The Kier molecular flexibility index (Phi) is 3.55. The van der Waals surface area contributed by atoms with Crippen molar-refractivity contribution in [2.45, 2.75) is 57.7 Å². The molecule has 4 atom stereocenters. The predicted molar refractivity (Wildman–Crippen MR) is 87.5 cm³/mol. The second-order valence-electron chi connectivity index (χ2n) is 7.62. The zero-order valence-corrected chi connectivity index (χ0v) is 13.4. The number of nitrogens with zero attached hydrogens (tertiary/aromatic N) is 1. The standard InChI is InChI=1S/C19H28N2/c1-13-12-21(14(2)11-20-13)19-17-7-8-18(19)10-16-6-4-3-5-15(16)9-17/h3-6,13-14,17-20H,7-12H2,1-2H3. The average Bonchev–Trinajstić information content (AvgIpc) is 2.76. The van der Waals surface area contributed by atoms with E-state index in [1.165, 1.54) is 32.2 Å². The highest BCUT2D eigenvalue weighted by molar-refractivity contribution is 5.31. The second-order valence-corrected chi connectivity index (χ2v) is 7.62. The van der Waals surface area contributed by atoms with Gasteiger partial charge in [-0.15, -0.1) is 0 Å². The van der Waals surface area contributed by atoms with Crippen LogP contribution in [-0.2, 0) is 12.8 Å². The first kappa shape index (κ1) is 13.8. The molecule has 21 heavy (non-hydrogen) atoms. The summed E-state index contributed by atoms with van der Waals surface area (Å²) in [5.41, 5.74) is 3.26. The Labute approximate surface area is 128 Å². The topological polar surface area (TPSA) is 15.3 Å². The van der Waals surface area contributed by atoms with Gasteiger partial charge in [-0.3, -0.25) is 4.90 Å². The van der Waals surface area contributed by atoms with Gasteiger partial charge < -0.3 is 5.32 Å². The van der Waals surface area contributed by atoms with Crippen molar-refractivity contribution in [1.29, 1.82) is 0 Å². The van der Waals surface area contributed by atoms with E-state index in [4.69, 9.17) is 0 Å². The Morgan fingerprint density at radius 2 is 1.62 bits per heavy atom. The van der Waals surface area contributed by atoms with Gasteiger partial charge in [-0.1, -0.05) is 24.3 Å². The van der Waals surface area contributed by atoms with E-state index >= 15 is 0 Å². The van der Waals surface area contributed by atoms with Crippen molar-refractivity contribution in [3.8, 4) is 0 Å². The highest BCUT2D eigenvalue weighted by Gasteiger charge is 2.44. The van der Waals surface area contributed by atoms with Gasteiger partial charge in [0.15, 0.2) is 0 Å². The van der Waals surface area contributed by atoms with E-state index in [0.717, 1.165) is 24.4 Å². The largest absolute Gasteiger partial charge is 0.311 e. The van der Waals surface area contributed by atoms with Crippen molar-refractivity contribution in [1.82, 2.24) is 10.2 Å². The molecule has 1 saturated heterocycles. The first-order valence-corrected chi connectivity index (χ1v) is 8.78. The molecule has 114 valence electrons. The Hall–Kier alpha value is -0.860. The minimum atomic E-state index is 0.645. The quantitative estimate of drug-likeness (QED) is 0.853. The van der Waals surface area contributed by atoms with Gasteiger partial charge in [-0.2, -0.15) is 0 Å². The van der Waals surface area contributed by atoms with Crippen LogP contribution in [0.4, 0.5) is 0 Å². The molecule has 1 heterocycles. The molecule has 2 aliphatic carbocycles. The number of hydrogen-bond acceptors (Lipinski definition) is 2. The van der Waals surface area contributed by atoms with E-state index in [1.54, 1.807) is 11.1 Å². The summed E-state index contributed by atoms with van der Waals surface area (Å²) >= 11 is 0. The molecule has 0 radical (unpaired) electrons. The van der Waals surface area contributed by atoms with Gasteiger partial charge in [0.1, 0.15) is 0 Å². The summed E-state index contributed by atoms with van der Waals surface area (Å²) in [6.07, 6.45) is 5.49. The lowest BCUT2D eigenvalue weighted by Gasteiger charge is -2.45. The molecule has 0 aromatic heterocycles. The van der Waals surface area contributed by atoms with Crippen LogP contribution in [0.3, 0.4) is 0 Å². The van der Waals surface area contributed by atoms with Crippen molar-refractivity contribution in [3.63, 3.8) is 0 Å². The number of nitrogens with one attached hydrogen (secondary N) is 1. The van der Waals surface area contributed by atoms with Crippen molar-refractivity contribution in [3.05, 3.63) is 35.4 Å². The van der Waals surface area contributed by atoms with E-state index in [9.17, 15) is 0 Å². The van der Waals surface area contributed by atoms with E-state index in [1.807, 2.05) is 0 Å². The molecule has 1 aromatic carbocycles. The zero-order chi connectivity index (χ0) is 14.4. The summed E-state index contributed by atoms with van der Waals surface area (Å²) < 4.78 is 0. The Bertz CT molecular complexity index is 479. The lowest BCUT2D eigenvalue weighted by Crippen LogP contribution is -2.59. The van der Waals surface area contributed by atoms with Gasteiger partial charge in [0.05, 0.1) is 0 Å². The molecule has 0 spiro atoms. The van der Waals surface area contributed by atoms with Crippen LogP contribution in [0.2, 0.25) is 0 Å². The summed E-state index contributed by atoms with van der Waals surface area (Å²) in [6.45, 7) is 7.14. The lowest BCUT2D eigenvalue weighted by atomic mass is 9.91. The second kappa shape index (κ2) is 5.40. The summed E-state index contributed by atoms with van der Waals surface area (Å²) in [4.78, 5) is 2.86. The van der Waals surface area contributed by atoms with Gasteiger partial charge in [0.25, 0.3) is 0 Å². The fraction of sp³-hybridized carbons (Fsp3) is 0.684. The molecule has 2 bridgehead atoms. The Balaban J connectivity index is 1.63. The third kappa shape index (κ3) is 2.43. The molecule has 2 fully saturated rings. The van der Waals surface area contributed by atoms with Gasteiger partial charge in [0, 0.05) is 31.2 Å².